The Balaban J connectivity index is 3.66. The monoisotopic (exact) mass is 192 g/mol. The van der Waals surface area contributed by atoms with Crippen molar-refractivity contribution in [2.24, 2.45) is 5.41 Å². The number of ether oxygens (including phenoxy) is 1. The summed E-state index contributed by atoms with van der Waals surface area (Å²) in [6, 6.07) is 0. The molecule has 0 radical (unpaired) electrons. The highest BCUT2D eigenvalue weighted by Crippen LogP contribution is 2.16. The van der Waals surface area contributed by atoms with Crippen molar-refractivity contribution in [2.75, 3.05) is 5.94 Å². The average molecular weight is 192 g/mol. The molecule has 0 aromatic heterocycles. The van der Waals surface area contributed by atoms with E-state index in [4.69, 9.17) is 5.11 Å². The van der Waals surface area contributed by atoms with Crippen molar-refractivity contribution in [1.29, 1.82) is 0 Å². The van der Waals surface area contributed by atoms with Gasteiger partial charge in [0, 0.05) is 0 Å². The van der Waals surface area contributed by atoms with Crippen molar-refractivity contribution in [3.8, 4) is 0 Å². The van der Waals surface area contributed by atoms with Crippen molar-refractivity contribution < 1.29 is 19.4 Å². The molecule has 0 unspecified atom stereocenters. The van der Waals surface area contributed by atoms with Gasteiger partial charge >= 0.3 is 11.3 Å². The summed E-state index contributed by atoms with van der Waals surface area (Å²) in [5, 5.41) is 7.16. The van der Waals surface area contributed by atoms with E-state index < -0.39 is 16.7 Å². The molecular weight excluding hydrogens is 180 g/mol. The van der Waals surface area contributed by atoms with Crippen molar-refractivity contribution in [3.63, 3.8) is 0 Å². The summed E-state index contributed by atoms with van der Waals surface area (Å²) >= 11 is 0.549. The van der Waals surface area contributed by atoms with Crippen LogP contribution in [-0.2, 0) is 9.53 Å². The third kappa shape index (κ3) is 5.01. The van der Waals surface area contributed by atoms with E-state index >= 15 is 0 Å². The van der Waals surface area contributed by atoms with Crippen LogP contribution in [0.15, 0.2) is 0 Å². The van der Waals surface area contributed by atoms with E-state index in [1.165, 1.54) is 0 Å². The van der Waals surface area contributed by atoms with Gasteiger partial charge in [0.1, 0.15) is 5.94 Å². The maximum atomic E-state index is 11.0. The molecule has 0 aliphatic rings. The SMILES string of the molecule is CC(C)(C)C(=O)OCSC(=O)O. The quantitative estimate of drug-likeness (QED) is 0.535. The first-order chi connectivity index (χ1) is 5.34. The highest BCUT2D eigenvalue weighted by Gasteiger charge is 2.22. The second kappa shape index (κ2) is 4.35. The van der Waals surface area contributed by atoms with Gasteiger partial charge in [0.25, 0.3) is 0 Å². The lowest BCUT2D eigenvalue weighted by molar-refractivity contribution is -0.150. The highest BCUT2D eigenvalue weighted by atomic mass is 32.2. The Morgan fingerprint density at radius 1 is 1.42 bits per heavy atom. The Hall–Kier alpha value is -0.710. The summed E-state index contributed by atoms with van der Waals surface area (Å²) in [4.78, 5) is 21.0. The molecule has 0 rings (SSSR count). The van der Waals surface area contributed by atoms with E-state index in [1.807, 2.05) is 0 Å². The summed E-state index contributed by atoms with van der Waals surface area (Å²) in [6.45, 7) is 5.13. The summed E-state index contributed by atoms with van der Waals surface area (Å²) in [6.07, 6.45) is 0. The number of rotatable bonds is 2. The molecule has 0 saturated heterocycles. The third-order valence-electron chi connectivity index (χ3n) is 0.985. The molecule has 0 atom stereocenters. The predicted octanol–water partition coefficient (Wildman–Crippen LogP) is 1.94. The van der Waals surface area contributed by atoms with E-state index in [2.05, 4.69) is 4.74 Å². The lowest BCUT2D eigenvalue weighted by atomic mass is 9.98. The van der Waals surface area contributed by atoms with Crippen LogP contribution in [0.25, 0.3) is 0 Å². The van der Waals surface area contributed by atoms with Gasteiger partial charge in [0.15, 0.2) is 0 Å². The van der Waals surface area contributed by atoms with Crippen LogP contribution in [-0.4, -0.2) is 22.3 Å². The minimum absolute atomic E-state index is 0.133. The molecule has 0 amide bonds. The number of carbonyl (C=O) groups excluding carboxylic acids is 1. The maximum absolute atomic E-state index is 11.0. The maximum Gasteiger partial charge on any atom is 0.368 e. The van der Waals surface area contributed by atoms with Crippen LogP contribution in [0.2, 0.25) is 0 Å². The zero-order valence-corrected chi connectivity index (χ0v) is 8.10. The molecule has 0 aromatic carbocycles. The van der Waals surface area contributed by atoms with Gasteiger partial charge in [-0.15, -0.1) is 0 Å². The fourth-order valence-corrected chi connectivity index (χ4v) is 0.617. The molecular formula is C7H12O4S. The first kappa shape index (κ1) is 11.3. The average Bonchev–Trinajstić information content (AvgIpc) is 1.84. The number of esters is 1. The minimum atomic E-state index is -1.04. The molecule has 70 valence electrons. The third-order valence-corrected chi connectivity index (χ3v) is 1.47. The van der Waals surface area contributed by atoms with Crippen molar-refractivity contribution >= 4 is 23.0 Å². The summed E-state index contributed by atoms with van der Waals surface area (Å²) < 4.78 is 4.66. The molecule has 0 fully saturated rings. The second-order valence-corrected chi connectivity index (χ2v) is 4.08. The Bertz CT molecular complexity index is 182. The van der Waals surface area contributed by atoms with Crippen LogP contribution >= 0.6 is 11.8 Å². The van der Waals surface area contributed by atoms with Crippen LogP contribution in [0.5, 0.6) is 0 Å². The molecule has 0 aromatic rings. The molecule has 0 spiro atoms. The van der Waals surface area contributed by atoms with E-state index in [9.17, 15) is 9.59 Å². The fraction of sp³-hybridized carbons (Fsp3) is 0.714. The van der Waals surface area contributed by atoms with Crippen LogP contribution < -0.4 is 0 Å². The number of carboxylic acid groups (broad SMARTS) is 1. The van der Waals surface area contributed by atoms with Gasteiger partial charge in [-0.3, -0.25) is 4.79 Å². The number of carbonyl (C=O) groups is 2. The number of thioether (sulfide) groups is 1. The van der Waals surface area contributed by atoms with Crippen molar-refractivity contribution in [2.45, 2.75) is 20.8 Å². The molecule has 12 heavy (non-hydrogen) atoms. The summed E-state index contributed by atoms with van der Waals surface area (Å²) in [7, 11) is 0. The zero-order chi connectivity index (χ0) is 9.78. The van der Waals surface area contributed by atoms with Gasteiger partial charge in [0.2, 0.25) is 0 Å². The lowest BCUT2D eigenvalue weighted by Crippen LogP contribution is -2.22. The largest absolute Gasteiger partial charge is 0.473 e. The van der Waals surface area contributed by atoms with Crippen LogP contribution in [0.4, 0.5) is 4.79 Å². The number of hydrogen-bond donors (Lipinski definition) is 1. The standard InChI is InChI=1S/C7H12O4S/c1-7(2,3)5(8)11-4-12-6(9)10/h4H2,1-3H3,(H,9,10). The highest BCUT2D eigenvalue weighted by molar-refractivity contribution is 8.13. The van der Waals surface area contributed by atoms with Gasteiger partial charge in [0.05, 0.1) is 5.41 Å². The Morgan fingerprint density at radius 3 is 2.25 bits per heavy atom. The minimum Gasteiger partial charge on any atom is -0.473 e. The number of hydrogen-bond acceptors (Lipinski definition) is 4. The zero-order valence-electron chi connectivity index (χ0n) is 7.29. The van der Waals surface area contributed by atoms with E-state index in [1.54, 1.807) is 20.8 Å². The molecule has 0 aliphatic carbocycles. The van der Waals surface area contributed by atoms with Crippen LogP contribution in [0.1, 0.15) is 20.8 Å². The molecule has 4 nitrogen and oxygen atoms in total. The first-order valence-electron chi connectivity index (χ1n) is 3.37. The topological polar surface area (TPSA) is 63.6 Å². The molecule has 5 heteroatoms. The summed E-state index contributed by atoms with van der Waals surface area (Å²) in [5.74, 6) is -0.526. The normalized spacial score (nSPS) is 10.9. The predicted molar refractivity (Wildman–Crippen MR) is 46.0 cm³/mol. The van der Waals surface area contributed by atoms with Gasteiger partial charge in [-0.25, -0.2) is 4.79 Å². The van der Waals surface area contributed by atoms with Crippen LogP contribution in [0.3, 0.4) is 0 Å². The van der Waals surface area contributed by atoms with Crippen LogP contribution in [0, 0.1) is 5.41 Å². The second-order valence-electron chi connectivity index (χ2n) is 3.21. The van der Waals surface area contributed by atoms with Gasteiger partial charge in [-0.2, -0.15) is 0 Å². The van der Waals surface area contributed by atoms with Gasteiger partial charge in [-0.1, -0.05) is 0 Å². The Kier molecular flexibility index (Phi) is 4.09. The Labute approximate surface area is 75.3 Å². The van der Waals surface area contributed by atoms with E-state index in [0.717, 1.165) is 0 Å². The Morgan fingerprint density at radius 2 is 1.92 bits per heavy atom. The van der Waals surface area contributed by atoms with E-state index in [0.29, 0.717) is 11.8 Å². The molecule has 0 bridgehead atoms. The molecule has 0 saturated carbocycles. The molecule has 1 N–H and O–H groups in total. The van der Waals surface area contributed by atoms with Crippen molar-refractivity contribution in [3.05, 3.63) is 0 Å². The first-order valence-corrected chi connectivity index (χ1v) is 4.35. The van der Waals surface area contributed by atoms with Gasteiger partial charge in [-0.05, 0) is 32.5 Å². The molecule has 0 heterocycles. The van der Waals surface area contributed by atoms with Gasteiger partial charge < -0.3 is 9.84 Å². The van der Waals surface area contributed by atoms with E-state index in [-0.39, 0.29) is 5.94 Å². The summed E-state index contributed by atoms with van der Waals surface area (Å²) in [5.41, 5.74) is -0.570. The lowest BCUT2D eigenvalue weighted by Gasteiger charge is -2.15. The smallest absolute Gasteiger partial charge is 0.368 e. The van der Waals surface area contributed by atoms with Crippen molar-refractivity contribution in [1.82, 2.24) is 0 Å². The molecule has 0 aliphatic heterocycles. The fourth-order valence-electron chi connectivity index (χ4n) is 0.350.